The van der Waals surface area contributed by atoms with Gasteiger partial charge in [0, 0.05) is 25.2 Å². The lowest BCUT2D eigenvalue weighted by atomic mass is 9.97. The largest absolute Gasteiger partial charge is 0.348 e. The molecule has 0 aliphatic carbocycles. The lowest BCUT2D eigenvalue weighted by molar-refractivity contribution is -0.126. The molecule has 1 aliphatic heterocycles. The summed E-state index contributed by atoms with van der Waals surface area (Å²) < 4.78 is 27.9. The first-order valence-electron chi connectivity index (χ1n) is 9.99. The van der Waals surface area contributed by atoms with Crippen molar-refractivity contribution in [2.45, 2.75) is 51.5 Å². The zero-order valence-electron chi connectivity index (χ0n) is 17.5. The first-order valence-corrected chi connectivity index (χ1v) is 11.4. The van der Waals surface area contributed by atoms with Crippen LogP contribution in [0.1, 0.15) is 48.2 Å². The first kappa shape index (κ1) is 21.5. The molecule has 1 saturated heterocycles. The minimum Gasteiger partial charge on any atom is -0.348 e. The van der Waals surface area contributed by atoms with Crippen LogP contribution in [-0.4, -0.2) is 36.7 Å². The quantitative estimate of drug-likeness (QED) is 0.813. The molecule has 0 saturated carbocycles. The minimum absolute atomic E-state index is 0.0390. The number of carbonyl (C=O) groups excluding carboxylic acids is 1. The predicted molar refractivity (Wildman–Crippen MR) is 113 cm³/mol. The molecule has 7 heteroatoms. The lowest BCUT2D eigenvalue weighted by Gasteiger charge is -2.32. The molecule has 29 heavy (non-hydrogen) atoms. The summed E-state index contributed by atoms with van der Waals surface area (Å²) in [5.74, 6) is -0.226. The van der Waals surface area contributed by atoms with E-state index in [1.54, 1.807) is 6.20 Å². The Labute approximate surface area is 173 Å². The van der Waals surface area contributed by atoms with Gasteiger partial charge in [-0.05, 0) is 63.8 Å². The number of rotatable bonds is 5. The Morgan fingerprint density at radius 1 is 1.14 bits per heavy atom. The Hall–Kier alpha value is -2.25. The summed E-state index contributed by atoms with van der Waals surface area (Å²) in [4.78, 5) is 17.3. The van der Waals surface area contributed by atoms with Crippen molar-refractivity contribution in [1.29, 1.82) is 0 Å². The van der Waals surface area contributed by atoms with E-state index in [0.717, 1.165) is 22.4 Å². The number of nitrogens with zero attached hydrogens (tertiary/aromatic N) is 2. The van der Waals surface area contributed by atoms with Crippen molar-refractivity contribution >= 4 is 15.9 Å². The molecule has 2 heterocycles. The maximum absolute atomic E-state index is 13.2. The molecule has 1 unspecified atom stereocenters. The average molecular weight is 416 g/mol. The topological polar surface area (TPSA) is 79.4 Å². The maximum atomic E-state index is 13.2. The van der Waals surface area contributed by atoms with E-state index in [0.29, 0.717) is 30.8 Å². The van der Waals surface area contributed by atoms with Crippen LogP contribution in [0.2, 0.25) is 0 Å². The number of pyridine rings is 1. The second-order valence-electron chi connectivity index (χ2n) is 7.89. The molecule has 0 radical (unpaired) electrons. The van der Waals surface area contributed by atoms with Crippen molar-refractivity contribution in [3.05, 3.63) is 58.9 Å². The van der Waals surface area contributed by atoms with Crippen molar-refractivity contribution in [2.75, 3.05) is 13.1 Å². The second kappa shape index (κ2) is 8.63. The van der Waals surface area contributed by atoms with Gasteiger partial charge in [-0.25, -0.2) is 8.42 Å². The van der Waals surface area contributed by atoms with Gasteiger partial charge in [0.25, 0.3) is 0 Å². The number of benzene rings is 1. The standard InChI is InChI=1S/C22H29N3O3S/c1-15-13-16(2)21(17(3)14-15)29(27,28)25-11-8-19(9-12-25)22(26)24-18(4)20-7-5-6-10-23-20/h5-7,10,13-14,18-19H,8-9,11-12H2,1-4H3,(H,24,26). The SMILES string of the molecule is Cc1cc(C)c(S(=O)(=O)N2CCC(C(=O)NC(C)c3ccccn3)CC2)c(C)c1. The maximum Gasteiger partial charge on any atom is 0.243 e. The molecule has 0 bridgehead atoms. The summed E-state index contributed by atoms with van der Waals surface area (Å²) in [6, 6.07) is 9.24. The Kier molecular flexibility index (Phi) is 6.39. The Morgan fingerprint density at radius 3 is 2.31 bits per heavy atom. The highest BCUT2D eigenvalue weighted by Gasteiger charge is 2.34. The van der Waals surface area contributed by atoms with Crippen molar-refractivity contribution in [2.24, 2.45) is 5.92 Å². The highest BCUT2D eigenvalue weighted by Crippen LogP contribution is 2.29. The van der Waals surface area contributed by atoms with Crippen LogP contribution in [0.25, 0.3) is 0 Å². The molecule has 6 nitrogen and oxygen atoms in total. The molecular weight excluding hydrogens is 386 g/mol. The fourth-order valence-electron chi connectivity index (χ4n) is 4.10. The third-order valence-electron chi connectivity index (χ3n) is 5.52. The Balaban J connectivity index is 1.65. The number of aromatic nitrogens is 1. The smallest absolute Gasteiger partial charge is 0.243 e. The molecule has 3 rings (SSSR count). The van der Waals surface area contributed by atoms with Gasteiger partial charge in [0.05, 0.1) is 16.6 Å². The first-order chi connectivity index (χ1) is 13.7. The molecule has 0 spiro atoms. The number of hydrogen-bond acceptors (Lipinski definition) is 4. The molecule has 1 aromatic carbocycles. The van der Waals surface area contributed by atoms with Crippen LogP contribution in [-0.2, 0) is 14.8 Å². The third-order valence-corrected chi connectivity index (χ3v) is 7.72. The number of piperidine rings is 1. The molecular formula is C22H29N3O3S. The molecule has 1 aromatic heterocycles. The second-order valence-corrected chi connectivity index (χ2v) is 9.77. The fraction of sp³-hybridized carbons (Fsp3) is 0.455. The van der Waals surface area contributed by atoms with Gasteiger partial charge in [-0.2, -0.15) is 4.31 Å². The van der Waals surface area contributed by atoms with Crippen LogP contribution >= 0.6 is 0 Å². The predicted octanol–water partition coefficient (Wildman–Crippen LogP) is 3.28. The molecule has 2 aromatic rings. The summed E-state index contributed by atoms with van der Waals surface area (Å²) in [7, 11) is -3.56. The van der Waals surface area contributed by atoms with Crippen molar-refractivity contribution in [3.8, 4) is 0 Å². The van der Waals surface area contributed by atoms with Crippen molar-refractivity contribution in [1.82, 2.24) is 14.6 Å². The van der Waals surface area contributed by atoms with E-state index < -0.39 is 10.0 Å². The van der Waals surface area contributed by atoms with Crippen LogP contribution in [0.5, 0.6) is 0 Å². The molecule has 1 N–H and O–H groups in total. The number of sulfonamides is 1. The van der Waals surface area contributed by atoms with Crippen LogP contribution in [0.3, 0.4) is 0 Å². The number of nitrogens with one attached hydrogen (secondary N) is 1. The van der Waals surface area contributed by atoms with Gasteiger partial charge in [-0.3, -0.25) is 9.78 Å². The van der Waals surface area contributed by atoms with E-state index in [4.69, 9.17) is 0 Å². The number of aryl methyl sites for hydroxylation is 3. The van der Waals surface area contributed by atoms with Gasteiger partial charge in [0.2, 0.25) is 15.9 Å². The van der Waals surface area contributed by atoms with Crippen LogP contribution in [0.4, 0.5) is 0 Å². The van der Waals surface area contributed by atoms with Crippen LogP contribution < -0.4 is 5.32 Å². The van der Waals surface area contributed by atoms with Gasteiger partial charge in [-0.15, -0.1) is 0 Å². The lowest BCUT2D eigenvalue weighted by Crippen LogP contribution is -2.43. The van der Waals surface area contributed by atoms with Gasteiger partial charge in [-0.1, -0.05) is 23.8 Å². The van der Waals surface area contributed by atoms with E-state index in [2.05, 4.69) is 10.3 Å². The Bertz CT molecular complexity index is 959. The minimum atomic E-state index is -3.56. The summed E-state index contributed by atoms with van der Waals surface area (Å²) >= 11 is 0. The molecule has 1 amide bonds. The van der Waals surface area contributed by atoms with E-state index in [1.807, 2.05) is 58.0 Å². The molecule has 156 valence electrons. The van der Waals surface area contributed by atoms with Crippen molar-refractivity contribution < 1.29 is 13.2 Å². The summed E-state index contributed by atoms with van der Waals surface area (Å²) in [5, 5.41) is 3.01. The highest BCUT2D eigenvalue weighted by atomic mass is 32.2. The summed E-state index contributed by atoms with van der Waals surface area (Å²) in [6.45, 7) is 8.25. The fourth-order valence-corrected chi connectivity index (χ4v) is 5.98. The average Bonchev–Trinajstić information content (AvgIpc) is 2.67. The zero-order chi connectivity index (χ0) is 21.2. The highest BCUT2D eigenvalue weighted by molar-refractivity contribution is 7.89. The van der Waals surface area contributed by atoms with Crippen molar-refractivity contribution in [3.63, 3.8) is 0 Å². The zero-order valence-corrected chi connectivity index (χ0v) is 18.3. The Morgan fingerprint density at radius 2 is 1.76 bits per heavy atom. The third kappa shape index (κ3) is 4.67. The number of hydrogen-bond donors (Lipinski definition) is 1. The number of carbonyl (C=O) groups is 1. The van der Waals surface area contributed by atoms with E-state index in [9.17, 15) is 13.2 Å². The normalized spacial score (nSPS) is 17.1. The van der Waals surface area contributed by atoms with Gasteiger partial charge >= 0.3 is 0 Å². The number of amides is 1. The molecule has 1 fully saturated rings. The van der Waals surface area contributed by atoms with E-state index in [-0.39, 0.29) is 17.9 Å². The van der Waals surface area contributed by atoms with Gasteiger partial charge in [0.1, 0.15) is 0 Å². The van der Waals surface area contributed by atoms with E-state index >= 15 is 0 Å². The van der Waals surface area contributed by atoms with E-state index in [1.165, 1.54) is 4.31 Å². The molecule has 1 aliphatic rings. The monoisotopic (exact) mass is 415 g/mol. The molecule has 1 atom stereocenters. The van der Waals surface area contributed by atoms with Crippen LogP contribution in [0, 0.1) is 26.7 Å². The summed E-state index contributed by atoms with van der Waals surface area (Å²) in [6.07, 6.45) is 2.74. The van der Waals surface area contributed by atoms with Gasteiger partial charge in [0.15, 0.2) is 0 Å². The van der Waals surface area contributed by atoms with Crippen LogP contribution in [0.15, 0.2) is 41.4 Å². The summed E-state index contributed by atoms with van der Waals surface area (Å²) in [5.41, 5.74) is 3.40. The van der Waals surface area contributed by atoms with Gasteiger partial charge < -0.3 is 5.32 Å².